The lowest BCUT2D eigenvalue weighted by Crippen LogP contribution is -2.08. The second-order valence-corrected chi connectivity index (χ2v) is 4.08. The van der Waals surface area contributed by atoms with Crippen molar-refractivity contribution in [2.24, 2.45) is 5.92 Å². The van der Waals surface area contributed by atoms with Gasteiger partial charge in [-0.1, -0.05) is 12.8 Å². The van der Waals surface area contributed by atoms with E-state index in [9.17, 15) is 4.79 Å². The first-order valence-corrected chi connectivity index (χ1v) is 5.56. The van der Waals surface area contributed by atoms with Crippen molar-refractivity contribution in [2.45, 2.75) is 25.7 Å². The predicted molar refractivity (Wildman–Crippen MR) is 59.4 cm³/mol. The molecule has 0 aliphatic heterocycles. The lowest BCUT2D eigenvalue weighted by Gasteiger charge is -2.04. The van der Waals surface area contributed by atoms with Gasteiger partial charge in [0.25, 0.3) is 0 Å². The summed E-state index contributed by atoms with van der Waals surface area (Å²) >= 11 is 0. The van der Waals surface area contributed by atoms with Crippen LogP contribution in [0.2, 0.25) is 0 Å². The molecule has 1 heterocycles. The Morgan fingerprint density at radius 1 is 1.56 bits per heavy atom. The zero-order valence-corrected chi connectivity index (χ0v) is 9.02. The Kier molecular flexibility index (Phi) is 3.34. The van der Waals surface area contributed by atoms with Crippen LogP contribution >= 0.6 is 0 Å². The molecule has 0 saturated heterocycles. The van der Waals surface area contributed by atoms with Crippen molar-refractivity contribution in [1.82, 2.24) is 9.97 Å². The Balaban J connectivity index is 1.78. The average Bonchev–Trinajstić information content (AvgIpc) is 3.09. The van der Waals surface area contributed by atoms with Gasteiger partial charge in [-0.15, -0.1) is 0 Å². The van der Waals surface area contributed by atoms with Gasteiger partial charge in [-0.25, -0.2) is 14.8 Å². The SMILES string of the molecule is O=C(O)c1ccnc(NCCCC2CC2)n1. The maximum Gasteiger partial charge on any atom is 0.354 e. The Hall–Kier alpha value is -1.65. The van der Waals surface area contributed by atoms with Crippen LogP contribution in [0, 0.1) is 5.92 Å². The van der Waals surface area contributed by atoms with Crippen molar-refractivity contribution < 1.29 is 9.90 Å². The van der Waals surface area contributed by atoms with Crippen molar-refractivity contribution in [2.75, 3.05) is 11.9 Å². The van der Waals surface area contributed by atoms with Gasteiger partial charge in [-0.3, -0.25) is 0 Å². The third-order valence-corrected chi connectivity index (χ3v) is 2.64. The molecule has 1 aromatic heterocycles. The first-order valence-electron chi connectivity index (χ1n) is 5.56. The second kappa shape index (κ2) is 4.92. The molecule has 0 atom stereocenters. The molecule has 1 fully saturated rings. The molecular formula is C11H15N3O2. The summed E-state index contributed by atoms with van der Waals surface area (Å²) in [5.41, 5.74) is 0.0275. The molecule has 0 spiro atoms. The van der Waals surface area contributed by atoms with Gasteiger partial charge in [0.2, 0.25) is 5.95 Å². The topological polar surface area (TPSA) is 75.1 Å². The van der Waals surface area contributed by atoms with Crippen molar-refractivity contribution in [3.8, 4) is 0 Å². The van der Waals surface area contributed by atoms with Gasteiger partial charge in [0.05, 0.1) is 0 Å². The average molecular weight is 221 g/mol. The van der Waals surface area contributed by atoms with Crippen LogP contribution in [0.5, 0.6) is 0 Å². The molecule has 0 bridgehead atoms. The van der Waals surface area contributed by atoms with Gasteiger partial charge >= 0.3 is 5.97 Å². The molecule has 1 saturated carbocycles. The van der Waals surface area contributed by atoms with E-state index in [1.165, 1.54) is 31.5 Å². The highest BCUT2D eigenvalue weighted by atomic mass is 16.4. The van der Waals surface area contributed by atoms with Crippen LogP contribution < -0.4 is 5.32 Å². The minimum atomic E-state index is -1.02. The molecule has 1 aliphatic rings. The number of nitrogens with zero attached hydrogens (tertiary/aromatic N) is 2. The van der Waals surface area contributed by atoms with Crippen LogP contribution in [-0.2, 0) is 0 Å². The highest BCUT2D eigenvalue weighted by molar-refractivity contribution is 5.85. The Morgan fingerprint density at radius 3 is 3.06 bits per heavy atom. The number of carboxylic acid groups (broad SMARTS) is 1. The van der Waals surface area contributed by atoms with Gasteiger partial charge in [-0.05, 0) is 24.8 Å². The van der Waals surface area contributed by atoms with Crippen molar-refractivity contribution in [3.63, 3.8) is 0 Å². The number of carboxylic acids is 1. The Bertz CT molecular complexity index is 377. The summed E-state index contributed by atoms with van der Waals surface area (Å²) in [6.07, 6.45) is 6.52. The van der Waals surface area contributed by atoms with E-state index >= 15 is 0 Å². The minimum Gasteiger partial charge on any atom is -0.477 e. The minimum absolute atomic E-state index is 0.0275. The standard InChI is InChI=1S/C11H15N3O2/c15-10(16)9-5-7-13-11(14-9)12-6-1-2-8-3-4-8/h5,7-8H,1-4,6H2,(H,15,16)(H,12,13,14). The largest absolute Gasteiger partial charge is 0.477 e. The van der Waals surface area contributed by atoms with E-state index in [1.807, 2.05) is 0 Å². The van der Waals surface area contributed by atoms with Gasteiger partial charge in [0.1, 0.15) is 0 Å². The Morgan fingerprint density at radius 2 is 2.38 bits per heavy atom. The summed E-state index contributed by atoms with van der Waals surface area (Å²) in [6.45, 7) is 0.805. The molecule has 0 amide bonds. The normalized spacial score (nSPS) is 14.8. The molecule has 0 radical (unpaired) electrons. The first-order chi connectivity index (χ1) is 7.75. The molecular weight excluding hydrogens is 206 g/mol. The third kappa shape index (κ3) is 3.18. The second-order valence-electron chi connectivity index (χ2n) is 4.08. The van der Waals surface area contributed by atoms with Crippen LogP contribution in [0.25, 0.3) is 0 Å². The number of aromatic carboxylic acids is 1. The number of hydrogen-bond acceptors (Lipinski definition) is 4. The van der Waals surface area contributed by atoms with Crippen molar-refractivity contribution in [3.05, 3.63) is 18.0 Å². The van der Waals surface area contributed by atoms with E-state index in [0.717, 1.165) is 18.9 Å². The monoisotopic (exact) mass is 221 g/mol. The van der Waals surface area contributed by atoms with Gasteiger partial charge < -0.3 is 10.4 Å². The summed E-state index contributed by atoms with van der Waals surface area (Å²) < 4.78 is 0. The predicted octanol–water partition coefficient (Wildman–Crippen LogP) is 1.78. The molecule has 2 rings (SSSR count). The van der Waals surface area contributed by atoms with E-state index in [0.29, 0.717) is 5.95 Å². The third-order valence-electron chi connectivity index (χ3n) is 2.64. The van der Waals surface area contributed by atoms with Crippen molar-refractivity contribution in [1.29, 1.82) is 0 Å². The number of rotatable bonds is 6. The van der Waals surface area contributed by atoms with Gasteiger partial charge in [0.15, 0.2) is 5.69 Å². The van der Waals surface area contributed by atoms with Crippen LogP contribution in [-0.4, -0.2) is 27.6 Å². The maximum absolute atomic E-state index is 10.7. The summed E-state index contributed by atoms with van der Waals surface area (Å²) in [4.78, 5) is 18.5. The van der Waals surface area contributed by atoms with Crippen LogP contribution in [0.3, 0.4) is 0 Å². The summed E-state index contributed by atoms with van der Waals surface area (Å²) in [5.74, 6) is 0.298. The summed E-state index contributed by atoms with van der Waals surface area (Å²) in [6, 6.07) is 1.39. The molecule has 0 unspecified atom stereocenters. The fraction of sp³-hybridized carbons (Fsp3) is 0.545. The highest BCUT2D eigenvalue weighted by Gasteiger charge is 2.19. The fourth-order valence-electron chi connectivity index (χ4n) is 1.56. The molecule has 1 aliphatic carbocycles. The molecule has 0 aromatic carbocycles. The molecule has 2 N–H and O–H groups in total. The number of aromatic nitrogens is 2. The zero-order valence-electron chi connectivity index (χ0n) is 9.02. The van der Waals surface area contributed by atoms with Crippen LogP contribution in [0.15, 0.2) is 12.3 Å². The summed E-state index contributed by atoms with van der Waals surface area (Å²) in [5, 5.41) is 11.8. The zero-order chi connectivity index (χ0) is 11.4. The number of hydrogen-bond donors (Lipinski definition) is 2. The van der Waals surface area contributed by atoms with Crippen LogP contribution in [0.1, 0.15) is 36.2 Å². The van der Waals surface area contributed by atoms with E-state index in [4.69, 9.17) is 5.11 Å². The molecule has 1 aromatic rings. The van der Waals surface area contributed by atoms with E-state index in [-0.39, 0.29) is 5.69 Å². The van der Waals surface area contributed by atoms with E-state index in [1.54, 1.807) is 0 Å². The van der Waals surface area contributed by atoms with E-state index < -0.39 is 5.97 Å². The maximum atomic E-state index is 10.7. The number of nitrogens with one attached hydrogen (secondary N) is 1. The fourth-order valence-corrected chi connectivity index (χ4v) is 1.56. The quantitative estimate of drug-likeness (QED) is 0.716. The lowest BCUT2D eigenvalue weighted by atomic mass is 10.2. The molecule has 5 heteroatoms. The van der Waals surface area contributed by atoms with Crippen LogP contribution in [0.4, 0.5) is 5.95 Å². The lowest BCUT2D eigenvalue weighted by molar-refractivity contribution is 0.0690. The van der Waals surface area contributed by atoms with E-state index in [2.05, 4.69) is 15.3 Å². The number of carbonyl (C=O) groups is 1. The smallest absolute Gasteiger partial charge is 0.354 e. The number of anilines is 1. The molecule has 16 heavy (non-hydrogen) atoms. The molecule has 86 valence electrons. The first kappa shape index (κ1) is 10.9. The van der Waals surface area contributed by atoms with Crippen molar-refractivity contribution >= 4 is 11.9 Å². The highest BCUT2D eigenvalue weighted by Crippen LogP contribution is 2.33. The Labute approximate surface area is 93.9 Å². The van der Waals surface area contributed by atoms with Gasteiger partial charge in [-0.2, -0.15) is 0 Å². The van der Waals surface area contributed by atoms with Gasteiger partial charge in [0, 0.05) is 12.7 Å². The summed E-state index contributed by atoms with van der Waals surface area (Å²) in [7, 11) is 0. The molecule has 5 nitrogen and oxygen atoms in total.